The SMILES string of the molecule is COCCOCCOC1CCCCC1N. The first-order valence-corrected chi connectivity index (χ1v) is 5.78. The maximum Gasteiger partial charge on any atom is 0.0727 e. The van der Waals surface area contributed by atoms with E-state index in [0.29, 0.717) is 26.4 Å². The van der Waals surface area contributed by atoms with Crippen LogP contribution in [0.15, 0.2) is 0 Å². The lowest BCUT2D eigenvalue weighted by Gasteiger charge is -2.28. The summed E-state index contributed by atoms with van der Waals surface area (Å²) in [6.07, 6.45) is 4.91. The van der Waals surface area contributed by atoms with Crippen LogP contribution in [0.25, 0.3) is 0 Å². The molecule has 1 aliphatic carbocycles. The molecule has 0 aliphatic heterocycles. The molecule has 0 radical (unpaired) electrons. The molecule has 2 N–H and O–H groups in total. The lowest BCUT2D eigenvalue weighted by atomic mass is 9.93. The molecule has 0 spiro atoms. The molecule has 0 heterocycles. The molecule has 1 saturated carbocycles. The Morgan fingerprint density at radius 2 is 1.80 bits per heavy atom. The largest absolute Gasteiger partial charge is 0.382 e. The number of hydrogen-bond acceptors (Lipinski definition) is 4. The minimum absolute atomic E-state index is 0.220. The Balaban J connectivity index is 1.94. The summed E-state index contributed by atoms with van der Waals surface area (Å²) < 4.78 is 15.9. The summed E-state index contributed by atoms with van der Waals surface area (Å²) in [5.74, 6) is 0. The van der Waals surface area contributed by atoms with E-state index in [4.69, 9.17) is 19.9 Å². The summed E-state index contributed by atoms with van der Waals surface area (Å²) in [5, 5.41) is 0. The van der Waals surface area contributed by atoms with E-state index >= 15 is 0 Å². The molecule has 0 bridgehead atoms. The van der Waals surface area contributed by atoms with E-state index in [1.54, 1.807) is 7.11 Å². The van der Waals surface area contributed by atoms with E-state index < -0.39 is 0 Å². The second-order valence-electron chi connectivity index (χ2n) is 3.96. The molecule has 0 aromatic rings. The quantitative estimate of drug-likeness (QED) is 0.645. The van der Waals surface area contributed by atoms with Gasteiger partial charge in [0, 0.05) is 13.2 Å². The summed E-state index contributed by atoms with van der Waals surface area (Å²) in [5.41, 5.74) is 5.96. The van der Waals surface area contributed by atoms with Crippen LogP contribution in [0.3, 0.4) is 0 Å². The van der Waals surface area contributed by atoms with Gasteiger partial charge in [-0.3, -0.25) is 0 Å². The average molecular weight is 217 g/mol. The van der Waals surface area contributed by atoms with Crippen LogP contribution in [0, 0.1) is 0 Å². The molecule has 0 saturated heterocycles. The first-order chi connectivity index (χ1) is 7.34. The topological polar surface area (TPSA) is 53.7 Å². The van der Waals surface area contributed by atoms with Crippen LogP contribution in [-0.4, -0.2) is 45.7 Å². The van der Waals surface area contributed by atoms with Gasteiger partial charge in [0.25, 0.3) is 0 Å². The molecule has 0 amide bonds. The Morgan fingerprint density at radius 3 is 2.53 bits per heavy atom. The van der Waals surface area contributed by atoms with Crippen LogP contribution < -0.4 is 5.73 Å². The average Bonchev–Trinajstić information content (AvgIpc) is 2.25. The first-order valence-electron chi connectivity index (χ1n) is 5.78. The van der Waals surface area contributed by atoms with Crippen LogP contribution in [-0.2, 0) is 14.2 Å². The molecule has 0 aromatic heterocycles. The third kappa shape index (κ3) is 5.47. The Morgan fingerprint density at radius 1 is 1.07 bits per heavy atom. The summed E-state index contributed by atoms with van der Waals surface area (Å²) >= 11 is 0. The molecule has 1 aliphatic rings. The van der Waals surface area contributed by atoms with Crippen molar-refractivity contribution in [3.63, 3.8) is 0 Å². The van der Waals surface area contributed by atoms with E-state index in [1.807, 2.05) is 0 Å². The molecule has 90 valence electrons. The maximum absolute atomic E-state index is 5.96. The van der Waals surface area contributed by atoms with Crippen molar-refractivity contribution in [2.45, 2.75) is 37.8 Å². The van der Waals surface area contributed by atoms with Crippen molar-refractivity contribution in [1.82, 2.24) is 0 Å². The van der Waals surface area contributed by atoms with Crippen LogP contribution in [0.4, 0.5) is 0 Å². The van der Waals surface area contributed by atoms with E-state index in [1.165, 1.54) is 12.8 Å². The Labute approximate surface area is 92.1 Å². The zero-order valence-corrected chi connectivity index (χ0v) is 9.61. The summed E-state index contributed by atoms with van der Waals surface area (Å²) in [7, 11) is 1.67. The van der Waals surface area contributed by atoms with E-state index in [-0.39, 0.29) is 12.1 Å². The second kappa shape index (κ2) is 8.05. The number of methoxy groups -OCH3 is 1. The lowest BCUT2D eigenvalue weighted by Crippen LogP contribution is -2.39. The van der Waals surface area contributed by atoms with Crippen molar-refractivity contribution in [3.8, 4) is 0 Å². The zero-order valence-electron chi connectivity index (χ0n) is 9.61. The third-order valence-electron chi connectivity index (χ3n) is 2.75. The number of ether oxygens (including phenoxy) is 3. The molecule has 1 rings (SSSR count). The highest BCUT2D eigenvalue weighted by atomic mass is 16.5. The van der Waals surface area contributed by atoms with Gasteiger partial charge in [0.15, 0.2) is 0 Å². The van der Waals surface area contributed by atoms with Gasteiger partial charge in [-0.05, 0) is 12.8 Å². The molecule has 2 unspecified atom stereocenters. The Hall–Kier alpha value is -0.160. The van der Waals surface area contributed by atoms with Crippen molar-refractivity contribution in [1.29, 1.82) is 0 Å². The van der Waals surface area contributed by atoms with Gasteiger partial charge < -0.3 is 19.9 Å². The number of nitrogens with two attached hydrogens (primary N) is 1. The highest BCUT2D eigenvalue weighted by Crippen LogP contribution is 2.19. The van der Waals surface area contributed by atoms with Crippen LogP contribution in [0.5, 0.6) is 0 Å². The maximum atomic E-state index is 5.96. The monoisotopic (exact) mass is 217 g/mol. The van der Waals surface area contributed by atoms with Gasteiger partial charge in [0.05, 0.1) is 32.5 Å². The van der Waals surface area contributed by atoms with Gasteiger partial charge in [-0.25, -0.2) is 0 Å². The number of rotatable bonds is 7. The van der Waals surface area contributed by atoms with Gasteiger partial charge >= 0.3 is 0 Å². The minimum Gasteiger partial charge on any atom is -0.382 e. The van der Waals surface area contributed by atoms with Crippen molar-refractivity contribution in [2.75, 3.05) is 33.5 Å². The van der Waals surface area contributed by atoms with Crippen molar-refractivity contribution in [3.05, 3.63) is 0 Å². The third-order valence-corrected chi connectivity index (χ3v) is 2.75. The normalized spacial score (nSPS) is 26.8. The zero-order chi connectivity index (χ0) is 10.9. The highest BCUT2D eigenvalue weighted by Gasteiger charge is 2.21. The van der Waals surface area contributed by atoms with Crippen LogP contribution in [0.1, 0.15) is 25.7 Å². The predicted molar refractivity (Wildman–Crippen MR) is 58.9 cm³/mol. The molecule has 2 atom stereocenters. The Bertz CT molecular complexity index is 155. The van der Waals surface area contributed by atoms with Gasteiger partial charge in [0.2, 0.25) is 0 Å². The van der Waals surface area contributed by atoms with Crippen molar-refractivity contribution >= 4 is 0 Å². The summed E-state index contributed by atoms with van der Waals surface area (Å²) in [4.78, 5) is 0. The van der Waals surface area contributed by atoms with Gasteiger partial charge in [-0.2, -0.15) is 0 Å². The lowest BCUT2D eigenvalue weighted by molar-refractivity contribution is -0.0257. The highest BCUT2D eigenvalue weighted by molar-refractivity contribution is 4.78. The fourth-order valence-electron chi connectivity index (χ4n) is 1.84. The Kier molecular flexibility index (Phi) is 6.92. The molecular weight excluding hydrogens is 194 g/mol. The molecule has 0 aromatic carbocycles. The van der Waals surface area contributed by atoms with Gasteiger partial charge in [-0.15, -0.1) is 0 Å². The summed E-state index contributed by atoms with van der Waals surface area (Å²) in [6, 6.07) is 0.220. The van der Waals surface area contributed by atoms with Crippen LogP contribution >= 0.6 is 0 Å². The van der Waals surface area contributed by atoms with Crippen LogP contribution in [0.2, 0.25) is 0 Å². The first kappa shape index (κ1) is 12.9. The van der Waals surface area contributed by atoms with Gasteiger partial charge in [0.1, 0.15) is 0 Å². The standard InChI is InChI=1S/C11H23NO3/c1-13-6-7-14-8-9-15-11-5-3-2-4-10(11)12/h10-11H,2-9,12H2,1H3. The van der Waals surface area contributed by atoms with Crippen molar-refractivity contribution < 1.29 is 14.2 Å². The fourth-order valence-corrected chi connectivity index (χ4v) is 1.84. The molecule has 1 fully saturated rings. The molecule has 15 heavy (non-hydrogen) atoms. The smallest absolute Gasteiger partial charge is 0.0727 e. The fraction of sp³-hybridized carbons (Fsp3) is 1.00. The second-order valence-corrected chi connectivity index (χ2v) is 3.96. The van der Waals surface area contributed by atoms with E-state index in [9.17, 15) is 0 Å². The van der Waals surface area contributed by atoms with E-state index in [2.05, 4.69) is 0 Å². The number of hydrogen-bond donors (Lipinski definition) is 1. The van der Waals surface area contributed by atoms with Crippen molar-refractivity contribution in [2.24, 2.45) is 5.73 Å². The summed E-state index contributed by atoms with van der Waals surface area (Å²) in [6.45, 7) is 2.55. The molecule has 4 nitrogen and oxygen atoms in total. The molecule has 4 heteroatoms. The predicted octanol–water partition coefficient (Wildman–Crippen LogP) is 0.936. The minimum atomic E-state index is 0.220. The van der Waals surface area contributed by atoms with Gasteiger partial charge in [-0.1, -0.05) is 12.8 Å². The molecular formula is C11H23NO3. The van der Waals surface area contributed by atoms with E-state index in [0.717, 1.165) is 12.8 Å².